The van der Waals surface area contributed by atoms with Gasteiger partial charge in [-0.25, -0.2) is 0 Å². The Balaban J connectivity index is 1.53. The van der Waals surface area contributed by atoms with E-state index in [9.17, 15) is 4.79 Å². The van der Waals surface area contributed by atoms with Gasteiger partial charge in [-0.2, -0.15) is 5.10 Å². The van der Waals surface area contributed by atoms with Gasteiger partial charge in [-0.15, -0.1) is 0 Å². The van der Waals surface area contributed by atoms with E-state index in [1.54, 1.807) is 0 Å². The van der Waals surface area contributed by atoms with E-state index in [-0.39, 0.29) is 18.4 Å². The summed E-state index contributed by atoms with van der Waals surface area (Å²) in [7, 11) is 0. The van der Waals surface area contributed by atoms with Crippen LogP contribution in [0, 0.1) is 0 Å². The molecule has 7 heteroatoms. The Morgan fingerprint density at radius 1 is 1.19 bits per heavy atom. The molecule has 3 aromatic rings. The molecule has 0 radical (unpaired) electrons. The third kappa shape index (κ3) is 5.55. The Morgan fingerprint density at radius 3 is 2.70 bits per heavy atom. The van der Waals surface area contributed by atoms with Gasteiger partial charge >= 0.3 is 0 Å². The van der Waals surface area contributed by atoms with Gasteiger partial charge in [0.05, 0.1) is 24.6 Å². The van der Waals surface area contributed by atoms with Crippen LogP contribution in [-0.2, 0) is 16.0 Å². The van der Waals surface area contributed by atoms with Crippen molar-refractivity contribution in [1.82, 2.24) is 10.2 Å². The Kier molecular flexibility index (Phi) is 6.47. The van der Waals surface area contributed by atoms with Gasteiger partial charge < -0.3 is 14.8 Å². The number of carbonyl (C=O) groups excluding carboxylic acids is 1. The number of amides is 1. The molecule has 1 heterocycles. The molecule has 0 saturated carbocycles. The summed E-state index contributed by atoms with van der Waals surface area (Å²) in [5.41, 5.74) is 1.77. The third-order valence-corrected chi connectivity index (χ3v) is 4.37. The number of hydrogen-bond acceptors (Lipinski definition) is 4. The van der Waals surface area contributed by atoms with Gasteiger partial charge in [0, 0.05) is 9.86 Å². The number of H-pyrrole nitrogens is 1. The standard InChI is InChI=1S/C20H22BrN3O3/c1-13(2)26-9-10-27-16-6-3-14(4-7-16)11-19(25)22-20-17-8-5-15(21)12-18(17)23-24-20/h3-8,12-13H,9-11H2,1-2H3,(H2,22,23,24,25). The number of ether oxygens (including phenoxy) is 2. The Bertz CT molecular complexity index is 906. The number of aromatic nitrogens is 2. The van der Waals surface area contributed by atoms with Crippen molar-refractivity contribution in [2.75, 3.05) is 18.5 Å². The first-order chi connectivity index (χ1) is 13.0. The number of aromatic amines is 1. The zero-order chi connectivity index (χ0) is 19.2. The maximum atomic E-state index is 12.3. The van der Waals surface area contributed by atoms with Crippen LogP contribution in [0.5, 0.6) is 5.75 Å². The monoisotopic (exact) mass is 431 g/mol. The highest BCUT2D eigenvalue weighted by atomic mass is 79.9. The highest BCUT2D eigenvalue weighted by Gasteiger charge is 2.10. The van der Waals surface area contributed by atoms with Crippen LogP contribution in [0.15, 0.2) is 46.9 Å². The SMILES string of the molecule is CC(C)OCCOc1ccc(CC(=O)Nc2n[nH]c3cc(Br)ccc23)cc1. The van der Waals surface area contributed by atoms with Crippen molar-refractivity contribution < 1.29 is 14.3 Å². The first-order valence-corrected chi connectivity index (χ1v) is 9.57. The number of carbonyl (C=O) groups is 1. The minimum atomic E-state index is -0.120. The summed E-state index contributed by atoms with van der Waals surface area (Å²) in [6.07, 6.45) is 0.462. The van der Waals surface area contributed by atoms with Crippen molar-refractivity contribution in [3.8, 4) is 5.75 Å². The molecule has 142 valence electrons. The predicted molar refractivity (Wildman–Crippen MR) is 109 cm³/mol. The molecule has 0 saturated heterocycles. The molecule has 2 aromatic carbocycles. The molecule has 0 aliphatic heterocycles. The van der Waals surface area contributed by atoms with Gasteiger partial charge in [0.2, 0.25) is 5.91 Å². The average molecular weight is 432 g/mol. The highest BCUT2D eigenvalue weighted by molar-refractivity contribution is 9.10. The van der Waals surface area contributed by atoms with E-state index in [2.05, 4.69) is 31.4 Å². The average Bonchev–Trinajstić information content (AvgIpc) is 3.01. The highest BCUT2D eigenvalue weighted by Crippen LogP contribution is 2.24. The topological polar surface area (TPSA) is 76.2 Å². The lowest BCUT2D eigenvalue weighted by molar-refractivity contribution is -0.115. The molecule has 0 unspecified atom stereocenters. The van der Waals surface area contributed by atoms with Crippen LogP contribution in [0.4, 0.5) is 5.82 Å². The molecule has 0 aliphatic rings. The lowest BCUT2D eigenvalue weighted by Crippen LogP contribution is -2.15. The van der Waals surface area contributed by atoms with Gasteiger partial charge in [0.25, 0.3) is 0 Å². The number of fused-ring (bicyclic) bond motifs is 1. The number of nitrogens with zero attached hydrogens (tertiary/aromatic N) is 1. The van der Waals surface area contributed by atoms with Crippen LogP contribution in [0.3, 0.4) is 0 Å². The van der Waals surface area contributed by atoms with Gasteiger partial charge in [0.1, 0.15) is 12.4 Å². The maximum Gasteiger partial charge on any atom is 0.230 e. The largest absolute Gasteiger partial charge is 0.491 e. The molecule has 3 rings (SSSR count). The molecular weight excluding hydrogens is 410 g/mol. The second-order valence-electron chi connectivity index (χ2n) is 6.40. The Labute approximate surface area is 166 Å². The molecule has 0 spiro atoms. The van der Waals surface area contributed by atoms with E-state index in [0.29, 0.717) is 19.0 Å². The van der Waals surface area contributed by atoms with Crippen LogP contribution in [-0.4, -0.2) is 35.4 Å². The van der Waals surface area contributed by atoms with Gasteiger partial charge in [-0.05, 0) is 49.7 Å². The third-order valence-electron chi connectivity index (χ3n) is 3.87. The quantitative estimate of drug-likeness (QED) is 0.520. The Hall–Kier alpha value is -2.38. The summed E-state index contributed by atoms with van der Waals surface area (Å²) >= 11 is 3.42. The van der Waals surface area contributed by atoms with Crippen LogP contribution in [0.2, 0.25) is 0 Å². The first-order valence-electron chi connectivity index (χ1n) is 8.78. The molecule has 0 bridgehead atoms. The number of halogens is 1. The molecule has 0 aliphatic carbocycles. The van der Waals surface area contributed by atoms with Crippen LogP contribution in [0.25, 0.3) is 10.9 Å². The first kappa shape index (κ1) is 19.4. The summed E-state index contributed by atoms with van der Waals surface area (Å²) < 4.78 is 12.0. The number of anilines is 1. The second kappa shape index (κ2) is 9.01. The van der Waals surface area contributed by atoms with Crippen molar-refractivity contribution in [1.29, 1.82) is 0 Å². The zero-order valence-corrected chi connectivity index (χ0v) is 16.9. The second-order valence-corrected chi connectivity index (χ2v) is 7.31. The maximum absolute atomic E-state index is 12.3. The molecule has 1 aromatic heterocycles. The minimum absolute atomic E-state index is 0.120. The lowest BCUT2D eigenvalue weighted by atomic mass is 10.1. The van der Waals surface area contributed by atoms with Crippen molar-refractivity contribution in [3.63, 3.8) is 0 Å². The number of rotatable bonds is 8. The summed E-state index contributed by atoms with van der Waals surface area (Å²) in [6, 6.07) is 13.2. The molecule has 6 nitrogen and oxygen atoms in total. The van der Waals surface area contributed by atoms with Gasteiger partial charge in [-0.1, -0.05) is 28.1 Å². The van der Waals surface area contributed by atoms with Crippen molar-refractivity contribution in [2.24, 2.45) is 0 Å². The number of benzene rings is 2. The van der Waals surface area contributed by atoms with Gasteiger partial charge in [-0.3, -0.25) is 9.89 Å². The molecule has 2 N–H and O–H groups in total. The smallest absolute Gasteiger partial charge is 0.230 e. The molecular formula is C20H22BrN3O3. The van der Waals surface area contributed by atoms with E-state index in [1.165, 1.54) is 0 Å². The van der Waals surface area contributed by atoms with E-state index in [1.807, 2.05) is 56.3 Å². The lowest BCUT2D eigenvalue weighted by Gasteiger charge is -2.09. The molecule has 0 atom stereocenters. The van der Waals surface area contributed by atoms with Crippen molar-refractivity contribution >= 4 is 38.6 Å². The summed E-state index contributed by atoms with van der Waals surface area (Å²) in [4.78, 5) is 12.3. The zero-order valence-electron chi connectivity index (χ0n) is 15.3. The number of hydrogen-bond donors (Lipinski definition) is 2. The predicted octanol–water partition coefficient (Wildman–Crippen LogP) is 4.31. The fourth-order valence-electron chi connectivity index (χ4n) is 2.60. The van der Waals surface area contributed by atoms with Crippen LogP contribution < -0.4 is 10.1 Å². The van der Waals surface area contributed by atoms with Gasteiger partial charge in [0.15, 0.2) is 5.82 Å². The van der Waals surface area contributed by atoms with Crippen molar-refractivity contribution in [3.05, 3.63) is 52.5 Å². The summed E-state index contributed by atoms with van der Waals surface area (Å²) in [5.74, 6) is 1.17. The summed E-state index contributed by atoms with van der Waals surface area (Å²) in [6.45, 7) is 5.03. The van der Waals surface area contributed by atoms with E-state index in [4.69, 9.17) is 9.47 Å². The molecule has 0 fully saturated rings. The summed E-state index contributed by atoms with van der Waals surface area (Å²) in [5, 5.41) is 10.8. The minimum Gasteiger partial charge on any atom is -0.491 e. The fraction of sp³-hybridized carbons (Fsp3) is 0.300. The molecule has 27 heavy (non-hydrogen) atoms. The Morgan fingerprint density at radius 2 is 1.96 bits per heavy atom. The van der Waals surface area contributed by atoms with E-state index < -0.39 is 0 Å². The van der Waals surface area contributed by atoms with Crippen molar-refractivity contribution in [2.45, 2.75) is 26.4 Å². The van der Waals surface area contributed by atoms with E-state index >= 15 is 0 Å². The normalized spacial score (nSPS) is 11.1. The molecule has 1 amide bonds. The van der Waals surface area contributed by atoms with Crippen LogP contribution >= 0.6 is 15.9 Å². The van der Waals surface area contributed by atoms with Crippen LogP contribution in [0.1, 0.15) is 19.4 Å². The fourth-order valence-corrected chi connectivity index (χ4v) is 2.96. The number of nitrogens with one attached hydrogen (secondary N) is 2. The van der Waals surface area contributed by atoms with E-state index in [0.717, 1.165) is 26.7 Å².